The zero-order valence-electron chi connectivity index (χ0n) is 8.70. The molecule has 0 unspecified atom stereocenters. The third-order valence-corrected chi connectivity index (χ3v) is 1.76. The number of carbonyl (C=O) groups is 1. The Balaban J connectivity index is 2.61. The number of esters is 1. The lowest BCUT2D eigenvalue weighted by Gasteiger charge is -2.06. The van der Waals surface area contributed by atoms with Crippen molar-refractivity contribution in [2.75, 3.05) is 6.61 Å². The first-order chi connectivity index (χ1) is 7.88. The Labute approximate surface area is 95.7 Å². The second kappa shape index (κ2) is 5.38. The standard InChI is InChI=1S/C11H10F3NO2/c12-11(13,14)7-17-10(16)6-9(15)8-4-2-1-3-5-8/h1-6H,7,15H2/b9-6-. The van der Waals surface area contributed by atoms with Gasteiger partial charge in [0.25, 0.3) is 0 Å². The number of carbonyl (C=O) groups excluding carboxylic acids is 1. The van der Waals surface area contributed by atoms with Crippen molar-refractivity contribution in [1.29, 1.82) is 0 Å². The highest BCUT2D eigenvalue weighted by Gasteiger charge is 2.29. The molecule has 1 rings (SSSR count). The molecule has 0 atom stereocenters. The highest BCUT2D eigenvalue weighted by atomic mass is 19.4. The van der Waals surface area contributed by atoms with Crippen molar-refractivity contribution in [1.82, 2.24) is 0 Å². The van der Waals surface area contributed by atoms with Crippen LogP contribution in [0.15, 0.2) is 36.4 Å². The molecule has 2 N–H and O–H groups in total. The summed E-state index contributed by atoms with van der Waals surface area (Å²) >= 11 is 0. The number of nitrogens with two attached hydrogens (primary N) is 1. The fourth-order valence-electron chi connectivity index (χ4n) is 1.04. The fourth-order valence-corrected chi connectivity index (χ4v) is 1.04. The number of benzene rings is 1. The predicted molar refractivity (Wildman–Crippen MR) is 55.6 cm³/mol. The number of ether oxygens (including phenoxy) is 1. The molecule has 0 fully saturated rings. The summed E-state index contributed by atoms with van der Waals surface area (Å²) in [6, 6.07) is 8.39. The molecule has 0 aliphatic carbocycles. The van der Waals surface area contributed by atoms with E-state index in [9.17, 15) is 18.0 Å². The molecule has 92 valence electrons. The van der Waals surface area contributed by atoms with Crippen LogP contribution in [0.1, 0.15) is 5.56 Å². The molecule has 0 bridgehead atoms. The van der Waals surface area contributed by atoms with Crippen molar-refractivity contribution in [3.63, 3.8) is 0 Å². The number of hydrogen-bond donors (Lipinski definition) is 1. The Morgan fingerprint density at radius 2 is 1.88 bits per heavy atom. The van der Waals surface area contributed by atoms with E-state index >= 15 is 0 Å². The first-order valence-corrected chi connectivity index (χ1v) is 4.64. The van der Waals surface area contributed by atoms with Crippen LogP contribution in [0, 0.1) is 0 Å². The van der Waals surface area contributed by atoms with E-state index in [0.717, 1.165) is 6.08 Å². The molecule has 0 spiro atoms. The van der Waals surface area contributed by atoms with Gasteiger partial charge in [-0.05, 0) is 5.56 Å². The van der Waals surface area contributed by atoms with E-state index in [1.165, 1.54) is 0 Å². The minimum absolute atomic E-state index is 0.0535. The van der Waals surface area contributed by atoms with Crippen LogP contribution in [-0.2, 0) is 9.53 Å². The lowest BCUT2D eigenvalue weighted by atomic mass is 10.1. The van der Waals surface area contributed by atoms with E-state index in [1.54, 1.807) is 30.3 Å². The summed E-state index contributed by atoms with van der Waals surface area (Å²) in [6.07, 6.45) is -3.72. The molecule has 0 amide bonds. The van der Waals surface area contributed by atoms with Gasteiger partial charge < -0.3 is 10.5 Å². The molecule has 0 radical (unpaired) electrons. The quantitative estimate of drug-likeness (QED) is 0.655. The maximum Gasteiger partial charge on any atom is 0.422 e. The van der Waals surface area contributed by atoms with E-state index < -0.39 is 18.8 Å². The predicted octanol–water partition coefficient (Wildman–Crippen LogP) is 2.09. The molecule has 1 aromatic rings. The largest absolute Gasteiger partial charge is 0.453 e. The Bertz CT molecular complexity index is 412. The Morgan fingerprint density at radius 3 is 2.41 bits per heavy atom. The summed E-state index contributed by atoms with van der Waals surface area (Å²) < 4.78 is 39.2. The number of halogens is 3. The summed E-state index contributed by atoms with van der Waals surface area (Å²) in [7, 11) is 0. The van der Waals surface area contributed by atoms with Gasteiger partial charge >= 0.3 is 12.1 Å². The third kappa shape index (κ3) is 5.05. The average Bonchev–Trinajstić information content (AvgIpc) is 2.27. The second-order valence-electron chi connectivity index (χ2n) is 3.19. The lowest BCUT2D eigenvalue weighted by Crippen LogP contribution is -2.19. The summed E-state index contributed by atoms with van der Waals surface area (Å²) in [6.45, 7) is -1.62. The zero-order valence-corrected chi connectivity index (χ0v) is 8.70. The highest BCUT2D eigenvalue weighted by Crippen LogP contribution is 2.15. The first kappa shape index (κ1) is 13.1. The molecule has 0 aliphatic rings. The third-order valence-electron chi connectivity index (χ3n) is 1.76. The topological polar surface area (TPSA) is 52.3 Å². The molecule has 0 saturated carbocycles. The SMILES string of the molecule is N/C(=C\C(=O)OCC(F)(F)F)c1ccccc1. The van der Waals surface area contributed by atoms with Crippen LogP contribution >= 0.6 is 0 Å². The van der Waals surface area contributed by atoms with Crippen molar-refractivity contribution in [2.45, 2.75) is 6.18 Å². The van der Waals surface area contributed by atoms with Crippen molar-refractivity contribution in [3.8, 4) is 0 Å². The van der Waals surface area contributed by atoms with Gasteiger partial charge in [-0.3, -0.25) is 0 Å². The van der Waals surface area contributed by atoms with Crippen LogP contribution in [0.3, 0.4) is 0 Å². The van der Waals surface area contributed by atoms with Gasteiger partial charge in [0.05, 0.1) is 0 Å². The molecule has 3 nitrogen and oxygen atoms in total. The van der Waals surface area contributed by atoms with Gasteiger partial charge in [-0.1, -0.05) is 30.3 Å². The van der Waals surface area contributed by atoms with Gasteiger partial charge in [0, 0.05) is 11.8 Å². The van der Waals surface area contributed by atoms with E-state index in [2.05, 4.69) is 4.74 Å². The zero-order chi connectivity index (χ0) is 12.9. The van der Waals surface area contributed by atoms with Gasteiger partial charge in [0.2, 0.25) is 0 Å². The number of rotatable bonds is 3. The molecule has 1 aromatic carbocycles. The fraction of sp³-hybridized carbons (Fsp3) is 0.182. The van der Waals surface area contributed by atoms with Gasteiger partial charge in [-0.25, -0.2) is 4.79 Å². The van der Waals surface area contributed by atoms with Crippen molar-refractivity contribution in [3.05, 3.63) is 42.0 Å². The van der Waals surface area contributed by atoms with Crippen molar-refractivity contribution < 1.29 is 22.7 Å². The van der Waals surface area contributed by atoms with E-state index in [0.29, 0.717) is 5.56 Å². The maximum absolute atomic E-state index is 11.7. The van der Waals surface area contributed by atoms with Gasteiger partial charge in [-0.2, -0.15) is 13.2 Å². The Morgan fingerprint density at radius 1 is 1.29 bits per heavy atom. The van der Waals surface area contributed by atoms with E-state index in [-0.39, 0.29) is 5.70 Å². The second-order valence-corrected chi connectivity index (χ2v) is 3.19. The Kier molecular flexibility index (Phi) is 4.14. The van der Waals surface area contributed by atoms with Gasteiger partial charge in [0.15, 0.2) is 6.61 Å². The Hall–Kier alpha value is -1.98. The molecular formula is C11H10F3NO2. The lowest BCUT2D eigenvalue weighted by molar-refractivity contribution is -0.182. The minimum Gasteiger partial charge on any atom is -0.453 e. The number of alkyl halides is 3. The molecule has 6 heteroatoms. The van der Waals surface area contributed by atoms with Gasteiger partial charge in [-0.15, -0.1) is 0 Å². The highest BCUT2D eigenvalue weighted by molar-refractivity contribution is 5.90. The summed E-state index contributed by atoms with van der Waals surface area (Å²) in [5.74, 6) is -1.12. The molecule has 0 saturated heterocycles. The maximum atomic E-state index is 11.7. The van der Waals surface area contributed by atoms with E-state index in [4.69, 9.17) is 5.73 Å². The summed E-state index contributed by atoms with van der Waals surface area (Å²) in [5, 5.41) is 0. The molecule has 17 heavy (non-hydrogen) atoms. The van der Waals surface area contributed by atoms with Crippen LogP contribution in [0.4, 0.5) is 13.2 Å². The van der Waals surface area contributed by atoms with Gasteiger partial charge in [0.1, 0.15) is 0 Å². The van der Waals surface area contributed by atoms with Crippen LogP contribution in [0.2, 0.25) is 0 Å². The first-order valence-electron chi connectivity index (χ1n) is 4.64. The minimum atomic E-state index is -4.54. The summed E-state index contributed by atoms with van der Waals surface area (Å²) in [5.41, 5.74) is 6.11. The van der Waals surface area contributed by atoms with Crippen LogP contribution in [0.25, 0.3) is 5.70 Å². The van der Waals surface area contributed by atoms with Crippen LogP contribution in [0.5, 0.6) is 0 Å². The van der Waals surface area contributed by atoms with Crippen LogP contribution < -0.4 is 5.73 Å². The van der Waals surface area contributed by atoms with Crippen molar-refractivity contribution in [2.24, 2.45) is 5.73 Å². The van der Waals surface area contributed by atoms with E-state index in [1.807, 2.05) is 0 Å². The monoisotopic (exact) mass is 245 g/mol. The summed E-state index contributed by atoms with van der Waals surface area (Å²) in [4.78, 5) is 11.0. The molecule has 0 aliphatic heterocycles. The normalized spacial score (nSPS) is 12.3. The molecular weight excluding hydrogens is 235 g/mol. The van der Waals surface area contributed by atoms with Crippen molar-refractivity contribution >= 4 is 11.7 Å². The molecule has 0 heterocycles. The smallest absolute Gasteiger partial charge is 0.422 e. The number of hydrogen-bond acceptors (Lipinski definition) is 3. The average molecular weight is 245 g/mol. The van der Waals surface area contributed by atoms with Crippen LogP contribution in [-0.4, -0.2) is 18.8 Å². The molecule has 0 aromatic heterocycles.